The second-order valence-corrected chi connectivity index (χ2v) is 6.58. The van der Waals surface area contributed by atoms with Crippen molar-refractivity contribution in [2.45, 2.75) is 25.4 Å². The van der Waals surface area contributed by atoms with Gasteiger partial charge in [0.05, 0.1) is 0 Å². The van der Waals surface area contributed by atoms with Crippen molar-refractivity contribution in [3.05, 3.63) is 65.7 Å². The highest BCUT2D eigenvalue weighted by Crippen LogP contribution is 2.15. The Bertz CT molecular complexity index is 755. The van der Waals surface area contributed by atoms with E-state index in [1.165, 1.54) is 5.56 Å². The molecule has 0 aliphatic carbocycles. The molecule has 4 N–H and O–H groups in total. The Morgan fingerprint density at radius 1 is 1.04 bits per heavy atom. The summed E-state index contributed by atoms with van der Waals surface area (Å²) in [5.41, 5.74) is 7.46. The lowest BCUT2D eigenvalue weighted by Crippen LogP contribution is -2.44. The van der Waals surface area contributed by atoms with Crippen LogP contribution in [0.1, 0.15) is 28.8 Å². The standard InChI is InChI=1S/C20H24N4O2/c21-20(26)23-18-8-4-7-16(13-18)19(25)22-17-9-11-24(12-10-17)14-15-5-2-1-3-6-15/h1-8,13,17H,9-12,14H2,(H,22,25)(H3,21,23,26). The van der Waals surface area contributed by atoms with Crippen molar-refractivity contribution in [3.63, 3.8) is 0 Å². The van der Waals surface area contributed by atoms with E-state index in [9.17, 15) is 9.59 Å². The zero-order valence-electron chi connectivity index (χ0n) is 14.7. The molecule has 136 valence electrons. The molecule has 2 aromatic rings. The summed E-state index contributed by atoms with van der Waals surface area (Å²) < 4.78 is 0. The number of hydrogen-bond donors (Lipinski definition) is 3. The highest BCUT2D eigenvalue weighted by Gasteiger charge is 2.21. The fraction of sp³-hybridized carbons (Fsp3) is 0.300. The van der Waals surface area contributed by atoms with Crippen LogP contribution in [-0.4, -0.2) is 36.0 Å². The number of likely N-dealkylation sites (tertiary alicyclic amines) is 1. The van der Waals surface area contributed by atoms with Crippen molar-refractivity contribution in [1.82, 2.24) is 10.2 Å². The van der Waals surface area contributed by atoms with E-state index in [1.54, 1.807) is 24.3 Å². The maximum Gasteiger partial charge on any atom is 0.316 e. The van der Waals surface area contributed by atoms with Crippen LogP contribution in [0.25, 0.3) is 0 Å². The van der Waals surface area contributed by atoms with E-state index in [0.29, 0.717) is 11.3 Å². The van der Waals surface area contributed by atoms with Crippen LogP contribution in [0.15, 0.2) is 54.6 Å². The lowest BCUT2D eigenvalue weighted by atomic mass is 10.0. The van der Waals surface area contributed by atoms with Crippen molar-refractivity contribution in [2.24, 2.45) is 5.73 Å². The van der Waals surface area contributed by atoms with Gasteiger partial charge in [-0.1, -0.05) is 36.4 Å². The van der Waals surface area contributed by atoms with Gasteiger partial charge in [0.1, 0.15) is 0 Å². The fourth-order valence-electron chi connectivity index (χ4n) is 3.23. The number of nitrogens with one attached hydrogen (secondary N) is 2. The maximum absolute atomic E-state index is 12.5. The average molecular weight is 352 g/mol. The molecule has 3 rings (SSSR count). The SMILES string of the molecule is NC(=O)Nc1cccc(C(=O)NC2CCN(Cc3ccccc3)CC2)c1. The van der Waals surface area contributed by atoms with E-state index >= 15 is 0 Å². The molecule has 1 aliphatic heterocycles. The van der Waals surface area contributed by atoms with Gasteiger partial charge in [-0.25, -0.2) is 4.79 Å². The van der Waals surface area contributed by atoms with Gasteiger partial charge in [0.15, 0.2) is 0 Å². The Labute approximate surface area is 153 Å². The molecule has 0 saturated carbocycles. The summed E-state index contributed by atoms with van der Waals surface area (Å²) in [6, 6.07) is 16.7. The van der Waals surface area contributed by atoms with Gasteiger partial charge in [0.2, 0.25) is 0 Å². The highest BCUT2D eigenvalue weighted by molar-refractivity contribution is 5.96. The largest absolute Gasteiger partial charge is 0.351 e. The van der Waals surface area contributed by atoms with E-state index in [0.717, 1.165) is 32.5 Å². The molecule has 0 atom stereocenters. The fourth-order valence-corrected chi connectivity index (χ4v) is 3.23. The van der Waals surface area contributed by atoms with Gasteiger partial charge in [0.25, 0.3) is 5.91 Å². The monoisotopic (exact) mass is 352 g/mol. The van der Waals surface area contributed by atoms with Crippen LogP contribution >= 0.6 is 0 Å². The van der Waals surface area contributed by atoms with Crippen molar-refractivity contribution < 1.29 is 9.59 Å². The molecule has 0 aromatic heterocycles. The number of carbonyl (C=O) groups is 2. The molecule has 0 unspecified atom stereocenters. The molecule has 1 heterocycles. The molecule has 3 amide bonds. The molecule has 1 saturated heterocycles. The molecule has 0 spiro atoms. The number of hydrogen-bond acceptors (Lipinski definition) is 3. The number of benzene rings is 2. The highest BCUT2D eigenvalue weighted by atomic mass is 16.2. The smallest absolute Gasteiger partial charge is 0.316 e. The minimum absolute atomic E-state index is 0.125. The van der Waals surface area contributed by atoms with Crippen LogP contribution in [0, 0.1) is 0 Å². The molecule has 26 heavy (non-hydrogen) atoms. The number of rotatable bonds is 5. The molecule has 1 fully saturated rings. The number of amides is 3. The summed E-state index contributed by atoms with van der Waals surface area (Å²) in [6.45, 7) is 2.87. The zero-order valence-corrected chi connectivity index (χ0v) is 14.7. The third kappa shape index (κ3) is 5.07. The molecule has 2 aromatic carbocycles. The molecule has 6 nitrogen and oxygen atoms in total. The number of anilines is 1. The Morgan fingerprint density at radius 3 is 2.46 bits per heavy atom. The summed E-state index contributed by atoms with van der Waals surface area (Å²) in [6.07, 6.45) is 1.86. The Hall–Kier alpha value is -2.86. The third-order valence-electron chi connectivity index (χ3n) is 4.56. The second-order valence-electron chi connectivity index (χ2n) is 6.58. The van der Waals surface area contributed by atoms with Crippen LogP contribution in [0.4, 0.5) is 10.5 Å². The first-order chi connectivity index (χ1) is 12.6. The first kappa shape index (κ1) is 17.9. The second kappa shape index (κ2) is 8.49. The number of nitrogens with zero attached hydrogens (tertiary/aromatic N) is 1. The topological polar surface area (TPSA) is 87.5 Å². The maximum atomic E-state index is 12.5. The quantitative estimate of drug-likeness (QED) is 0.773. The normalized spacial score (nSPS) is 15.4. The molecule has 1 aliphatic rings. The number of primary amides is 1. The van der Waals surface area contributed by atoms with E-state index in [2.05, 4.69) is 39.8 Å². The Kier molecular flexibility index (Phi) is 5.86. The summed E-state index contributed by atoms with van der Waals surface area (Å²) in [5, 5.41) is 5.58. The lowest BCUT2D eigenvalue weighted by Gasteiger charge is -2.32. The minimum Gasteiger partial charge on any atom is -0.351 e. The van der Waals surface area contributed by atoms with E-state index in [1.807, 2.05) is 6.07 Å². The van der Waals surface area contributed by atoms with Crippen LogP contribution in [0.3, 0.4) is 0 Å². The lowest BCUT2D eigenvalue weighted by molar-refractivity contribution is 0.0909. The number of nitrogens with two attached hydrogens (primary N) is 1. The van der Waals surface area contributed by atoms with Crippen molar-refractivity contribution >= 4 is 17.6 Å². The Balaban J connectivity index is 1.49. The molecular weight excluding hydrogens is 328 g/mol. The molecule has 0 bridgehead atoms. The van der Waals surface area contributed by atoms with Crippen molar-refractivity contribution in [2.75, 3.05) is 18.4 Å². The summed E-state index contributed by atoms with van der Waals surface area (Å²) in [4.78, 5) is 25.8. The van der Waals surface area contributed by atoms with Crippen LogP contribution in [-0.2, 0) is 6.54 Å². The predicted molar refractivity (Wildman–Crippen MR) is 102 cm³/mol. The van der Waals surface area contributed by atoms with Gasteiger partial charge in [-0.2, -0.15) is 0 Å². The van der Waals surface area contributed by atoms with Gasteiger partial charge in [-0.3, -0.25) is 9.69 Å². The molecule has 0 radical (unpaired) electrons. The van der Waals surface area contributed by atoms with Crippen LogP contribution < -0.4 is 16.4 Å². The van der Waals surface area contributed by atoms with Crippen LogP contribution in [0.2, 0.25) is 0 Å². The van der Waals surface area contributed by atoms with Gasteiger partial charge in [-0.05, 0) is 36.6 Å². The predicted octanol–water partition coefficient (Wildman–Crippen LogP) is 2.57. The van der Waals surface area contributed by atoms with Gasteiger partial charge < -0.3 is 16.4 Å². The summed E-state index contributed by atoms with van der Waals surface area (Å²) in [7, 11) is 0. The van der Waals surface area contributed by atoms with Crippen molar-refractivity contribution in [3.8, 4) is 0 Å². The number of carbonyl (C=O) groups excluding carboxylic acids is 2. The Morgan fingerprint density at radius 2 is 1.77 bits per heavy atom. The van der Waals surface area contributed by atoms with Gasteiger partial charge in [-0.15, -0.1) is 0 Å². The van der Waals surface area contributed by atoms with Crippen LogP contribution in [0.5, 0.6) is 0 Å². The number of urea groups is 1. The zero-order chi connectivity index (χ0) is 18.4. The van der Waals surface area contributed by atoms with E-state index in [4.69, 9.17) is 5.73 Å². The van der Waals surface area contributed by atoms with E-state index < -0.39 is 6.03 Å². The minimum atomic E-state index is -0.645. The van der Waals surface area contributed by atoms with Crippen molar-refractivity contribution in [1.29, 1.82) is 0 Å². The number of piperidine rings is 1. The third-order valence-corrected chi connectivity index (χ3v) is 4.56. The first-order valence-electron chi connectivity index (χ1n) is 8.84. The molecular formula is C20H24N4O2. The van der Waals surface area contributed by atoms with E-state index in [-0.39, 0.29) is 11.9 Å². The van der Waals surface area contributed by atoms with Gasteiger partial charge in [0, 0.05) is 36.9 Å². The average Bonchev–Trinajstić information content (AvgIpc) is 2.64. The summed E-state index contributed by atoms with van der Waals surface area (Å²) >= 11 is 0. The van der Waals surface area contributed by atoms with Gasteiger partial charge >= 0.3 is 6.03 Å². The summed E-state index contributed by atoms with van der Waals surface area (Å²) in [5.74, 6) is -0.125. The first-order valence-corrected chi connectivity index (χ1v) is 8.84. The molecule has 6 heteroatoms.